The normalized spacial score (nSPS) is 19.9. The largest absolute Gasteiger partial charge is 0.359 e. The molecule has 0 aliphatic carbocycles. The number of piperazine rings is 1. The lowest BCUT2D eigenvalue weighted by Gasteiger charge is -2.37. The smallest absolute Gasteiger partial charge is 0.191 e. The van der Waals surface area contributed by atoms with E-state index in [1.165, 1.54) is 0 Å². The molecular formula is C19H36N6O. The zero-order chi connectivity index (χ0) is 18.9. The van der Waals surface area contributed by atoms with Crippen LogP contribution in [0.1, 0.15) is 51.0 Å². The Hall–Kier alpha value is -1.60. The molecule has 1 saturated heterocycles. The van der Waals surface area contributed by atoms with E-state index in [1.54, 1.807) is 0 Å². The van der Waals surface area contributed by atoms with Crippen LogP contribution in [0.3, 0.4) is 0 Å². The Bertz CT molecular complexity index is 554. The predicted octanol–water partition coefficient (Wildman–Crippen LogP) is 1.88. The van der Waals surface area contributed by atoms with Gasteiger partial charge in [-0.15, -0.1) is 0 Å². The van der Waals surface area contributed by atoms with Gasteiger partial charge >= 0.3 is 0 Å². The van der Waals surface area contributed by atoms with Crippen molar-refractivity contribution in [3.8, 4) is 0 Å². The fourth-order valence-corrected chi connectivity index (χ4v) is 3.34. The van der Waals surface area contributed by atoms with Gasteiger partial charge in [-0.25, -0.2) is 4.99 Å². The van der Waals surface area contributed by atoms with Crippen molar-refractivity contribution in [2.45, 2.75) is 52.1 Å². The summed E-state index contributed by atoms with van der Waals surface area (Å²) in [7, 11) is 4.37. The summed E-state index contributed by atoms with van der Waals surface area (Å²) in [6.07, 6.45) is 2.17. The fraction of sp³-hybridized carbons (Fsp3) is 0.789. The Kier molecular flexibility index (Phi) is 8.38. The van der Waals surface area contributed by atoms with Crippen molar-refractivity contribution >= 4 is 5.96 Å². The molecule has 1 aromatic heterocycles. The molecule has 7 nitrogen and oxygen atoms in total. The number of aliphatic imine (C=N–C) groups is 1. The van der Waals surface area contributed by atoms with Gasteiger partial charge in [-0.3, -0.25) is 4.90 Å². The van der Waals surface area contributed by atoms with E-state index in [-0.39, 0.29) is 0 Å². The van der Waals surface area contributed by atoms with Gasteiger partial charge in [-0.2, -0.15) is 0 Å². The molecule has 2 N–H and O–H groups in total. The van der Waals surface area contributed by atoms with E-state index >= 15 is 0 Å². The van der Waals surface area contributed by atoms with Gasteiger partial charge in [0.1, 0.15) is 6.54 Å². The Morgan fingerprint density at radius 3 is 2.73 bits per heavy atom. The van der Waals surface area contributed by atoms with Gasteiger partial charge in [-0.05, 0) is 33.9 Å². The first-order valence-electron chi connectivity index (χ1n) is 9.93. The van der Waals surface area contributed by atoms with E-state index < -0.39 is 0 Å². The first kappa shape index (κ1) is 20.7. The van der Waals surface area contributed by atoms with Gasteiger partial charge in [-0.1, -0.05) is 19.0 Å². The molecule has 1 unspecified atom stereocenters. The molecule has 0 bridgehead atoms. The zero-order valence-corrected chi connectivity index (χ0v) is 17.1. The molecule has 2 rings (SSSR count). The summed E-state index contributed by atoms with van der Waals surface area (Å²) < 4.78 is 5.48. The predicted molar refractivity (Wildman–Crippen MR) is 107 cm³/mol. The SMILES string of the molecule is CCNC(=NCc1cc(C(CC)CC)no1)NCC1CN(C)CCN1C. The second-order valence-electron chi connectivity index (χ2n) is 7.20. The highest BCUT2D eigenvalue weighted by Crippen LogP contribution is 2.22. The lowest BCUT2D eigenvalue weighted by molar-refractivity contribution is 0.116. The third-order valence-corrected chi connectivity index (χ3v) is 5.20. The summed E-state index contributed by atoms with van der Waals surface area (Å²) in [4.78, 5) is 9.46. The van der Waals surface area contributed by atoms with Crippen LogP contribution in [0.4, 0.5) is 0 Å². The third kappa shape index (κ3) is 5.99. The quantitative estimate of drug-likeness (QED) is 0.542. The molecule has 1 atom stereocenters. The van der Waals surface area contributed by atoms with Crippen LogP contribution in [-0.2, 0) is 6.54 Å². The monoisotopic (exact) mass is 364 g/mol. The number of hydrogen-bond acceptors (Lipinski definition) is 5. The maximum atomic E-state index is 5.48. The van der Waals surface area contributed by atoms with E-state index in [0.717, 1.165) is 63.0 Å². The Balaban J connectivity index is 1.91. The highest BCUT2D eigenvalue weighted by Gasteiger charge is 2.22. The number of rotatable bonds is 8. The molecule has 0 aromatic carbocycles. The molecule has 1 fully saturated rings. The first-order valence-corrected chi connectivity index (χ1v) is 9.93. The molecule has 1 aliphatic heterocycles. The Morgan fingerprint density at radius 1 is 1.27 bits per heavy atom. The van der Waals surface area contributed by atoms with Crippen molar-refractivity contribution < 1.29 is 4.52 Å². The molecule has 26 heavy (non-hydrogen) atoms. The molecule has 0 amide bonds. The minimum absolute atomic E-state index is 0.474. The molecule has 0 saturated carbocycles. The summed E-state index contributed by atoms with van der Waals surface area (Å²) in [5.41, 5.74) is 1.05. The van der Waals surface area contributed by atoms with Crippen LogP contribution >= 0.6 is 0 Å². The minimum atomic E-state index is 0.474. The summed E-state index contributed by atoms with van der Waals surface area (Å²) in [6, 6.07) is 2.54. The van der Waals surface area contributed by atoms with Crippen LogP contribution in [0, 0.1) is 0 Å². The molecule has 1 aromatic rings. The second kappa shape index (κ2) is 10.5. The van der Waals surface area contributed by atoms with E-state index in [0.29, 0.717) is 18.5 Å². The highest BCUT2D eigenvalue weighted by molar-refractivity contribution is 5.79. The minimum Gasteiger partial charge on any atom is -0.359 e. The molecule has 148 valence electrons. The molecule has 7 heteroatoms. The van der Waals surface area contributed by atoms with Gasteiger partial charge in [0.05, 0.1) is 5.69 Å². The maximum absolute atomic E-state index is 5.48. The van der Waals surface area contributed by atoms with E-state index in [1.807, 2.05) is 0 Å². The summed E-state index contributed by atoms with van der Waals surface area (Å²) in [6.45, 7) is 12.0. The zero-order valence-electron chi connectivity index (χ0n) is 17.1. The van der Waals surface area contributed by atoms with Crippen molar-refractivity contribution in [1.82, 2.24) is 25.6 Å². The number of nitrogens with one attached hydrogen (secondary N) is 2. The standard InChI is InChI=1S/C19H36N6O/c1-6-15(7-2)18-11-17(26-23-18)13-22-19(20-8-3)21-12-16-14-24(4)9-10-25(16)5/h11,15-16H,6-10,12-14H2,1-5H3,(H2,20,21,22). The van der Waals surface area contributed by atoms with Crippen LogP contribution < -0.4 is 10.6 Å². The molecular weight excluding hydrogens is 328 g/mol. The average molecular weight is 365 g/mol. The van der Waals surface area contributed by atoms with Crippen molar-refractivity contribution in [2.75, 3.05) is 46.8 Å². The van der Waals surface area contributed by atoms with Crippen LogP contribution in [0.2, 0.25) is 0 Å². The van der Waals surface area contributed by atoms with Crippen molar-refractivity contribution in [3.05, 3.63) is 17.5 Å². The number of guanidine groups is 1. The first-order chi connectivity index (χ1) is 12.6. The third-order valence-electron chi connectivity index (χ3n) is 5.20. The number of nitrogens with zero attached hydrogens (tertiary/aromatic N) is 4. The van der Waals surface area contributed by atoms with Gasteiger partial charge in [0.15, 0.2) is 11.7 Å². The number of hydrogen-bond donors (Lipinski definition) is 2. The Labute approximate surface area is 158 Å². The van der Waals surface area contributed by atoms with Crippen molar-refractivity contribution in [1.29, 1.82) is 0 Å². The van der Waals surface area contributed by atoms with Gasteiger partial charge in [0, 0.05) is 50.7 Å². The van der Waals surface area contributed by atoms with Crippen LogP contribution in [0.5, 0.6) is 0 Å². The maximum Gasteiger partial charge on any atom is 0.191 e. The van der Waals surface area contributed by atoms with Gasteiger partial charge in [0.25, 0.3) is 0 Å². The summed E-state index contributed by atoms with van der Waals surface area (Å²) in [5, 5.41) is 11.0. The summed E-state index contributed by atoms with van der Waals surface area (Å²) >= 11 is 0. The van der Waals surface area contributed by atoms with Crippen molar-refractivity contribution in [2.24, 2.45) is 4.99 Å². The topological polar surface area (TPSA) is 68.9 Å². The van der Waals surface area contributed by atoms with Crippen molar-refractivity contribution in [3.63, 3.8) is 0 Å². The van der Waals surface area contributed by atoms with Gasteiger partial charge < -0.3 is 20.1 Å². The average Bonchev–Trinajstić information content (AvgIpc) is 3.10. The van der Waals surface area contributed by atoms with Crippen LogP contribution in [-0.4, -0.2) is 73.8 Å². The molecule has 2 heterocycles. The molecule has 0 radical (unpaired) electrons. The summed E-state index contributed by atoms with van der Waals surface area (Å²) in [5.74, 6) is 2.12. The van der Waals surface area contributed by atoms with E-state index in [2.05, 4.69) is 71.5 Å². The van der Waals surface area contributed by atoms with E-state index in [4.69, 9.17) is 4.52 Å². The second-order valence-corrected chi connectivity index (χ2v) is 7.20. The van der Waals surface area contributed by atoms with Gasteiger partial charge in [0.2, 0.25) is 0 Å². The molecule has 0 spiro atoms. The fourth-order valence-electron chi connectivity index (χ4n) is 3.34. The highest BCUT2D eigenvalue weighted by atomic mass is 16.5. The van der Waals surface area contributed by atoms with Crippen LogP contribution in [0.25, 0.3) is 0 Å². The number of aromatic nitrogens is 1. The van der Waals surface area contributed by atoms with E-state index in [9.17, 15) is 0 Å². The Morgan fingerprint density at radius 2 is 2.04 bits per heavy atom. The lowest BCUT2D eigenvalue weighted by atomic mass is 9.99. The number of likely N-dealkylation sites (N-methyl/N-ethyl adjacent to an activating group) is 2. The molecule has 1 aliphatic rings. The lowest BCUT2D eigenvalue weighted by Crippen LogP contribution is -2.55. The van der Waals surface area contributed by atoms with Crippen LogP contribution in [0.15, 0.2) is 15.6 Å².